The first-order valence-corrected chi connectivity index (χ1v) is 10.9. The van der Waals surface area contributed by atoms with Crippen molar-refractivity contribution in [1.29, 1.82) is 0 Å². The van der Waals surface area contributed by atoms with E-state index in [1.165, 1.54) is 11.8 Å². The van der Waals surface area contributed by atoms with E-state index in [2.05, 4.69) is 15.5 Å². The number of thioether (sulfide) groups is 1. The molecule has 0 aliphatic heterocycles. The van der Waals surface area contributed by atoms with Crippen LogP contribution in [0.2, 0.25) is 0 Å². The normalized spacial score (nSPS) is 10.7. The zero-order valence-corrected chi connectivity index (χ0v) is 18.6. The zero-order chi connectivity index (χ0) is 22.3. The average Bonchev–Trinajstić information content (AvgIpc) is 3.48. The van der Waals surface area contributed by atoms with Crippen LogP contribution in [0.15, 0.2) is 78.2 Å². The molecule has 0 bridgehead atoms. The number of benzene rings is 2. The predicted octanol–water partition coefficient (Wildman–Crippen LogP) is 3.73. The summed E-state index contributed by atoms with van der Waals surface area (Å²) in [5.74, 6) is 2.39. The van der Waals surface area contributed by atoms with Crippen LogP contribution < -0.4 is 14.8 Å². The Kier molecular flexibility index (Phi) is 6.76. The number of ether oxygens (including phenoxy) is 2. The highest BCUT2D eigenvalue weighted by Crippen LogP contribution is 2.21. The molecule has 0 spiro atoms. The number of amides is 1. The molecule has 0 aliphatic rings. The molecule has 1 amide bonds. The summed E-state index contributed by atoms with van der Waals surface area (Å²) in [7, 11) is 3.25. The molecule has 1 N–H and O–H groups in total. The summed E-state index contributed by atoms with van der Waals surface area (Å²) in [6, 6.07) is 18.9. The molecule has 0 radical (unpaired) electrons. The molecule has 0 saturated heterocycles. The van der Waals surface area contributed by atoms with Crippen molar-refractivity contribution in [3.05, 3.63) is 84.4 Å². The number of anilines is 1. The van der Waals surface area contributed by atoms with Gasteiger partial charge in [-0.25, -0.2) is 4.68 Å². The fourth-order valence-corrected chi connectivity index (χ4v) is 3.87. The first kappa shape index (κ1) is 21.5. The fraction of sp³-hybridized carbons (Fsp3) is 0.174. The van der Waals surface area contributed by atoms with Gasteiger partial charge in [0.1, 0.15) is 11.5 Å². The van der Waals surface area contributed by atoms with E-state index in [-0.39, 0.29) is 11.7 Å². The second kappa shape index (κ2) is 10.1. The monoisotopic (exact) mass is 449 g/mol. The van der Waals surface area contributed by atoms with Crippen LogP contribution in [0.5, 0.6) is 11.5 Å². The van der Waals surface area contributed by atoms with Gasteiger partial charge < -0.3 is 14.8 Å². The maximum atomic E-state index is 12.5. The minimum atomic E-state index is -0.126. The highest BCUT2D eigenvalue weighted by Gasteiger charge is 2.16. The highest BCUT2D eigenvalue weighted by atomic mass is 32.2. The van der Waals surface area contributed by atoms with Crippen LogP contribution in [0.25, 0.3) is 0 Å². The minimum absolute atomic E-state index is 0.126. The molecule has 9 heteroatoms. The summed E-state index contributed by atoms with van der Waals surface area (Å²) >= 11 is 1.33. The number of rotatable bonds is 9. The van der Waals surface area contributed by atoms with Crippen molar-refractivity contribution in [2.75, 3.05) is 25.3 Å². The molecule has 4 rings (SSSR count). The van der Waals surface area contributed by atoms with E-state index in [0.717, 1.165) is 22.9 Å². The van der Waals surface area contributed by atoms with E-state index in [0.29, 0.717) is 17.3 Å². The molecule has 0 atom stereocenters. The Labute approximate surface area is 190 Å². The van der Waals surface area contributed by atoms with Gasteiger partial charge in [-0.3, -0.25) is 9.47 Å². The topological polar surface area (TPSA) is 83.2 Å². The van der Waals surface area contributed by atoms with Gasteiger partial charge >= 0.3 is 0 Å². The molecular weight excluding hydrogens is 426 g/mol. The third kappa shape index (κ3) is 5.12. The average molecular weight is 450 g/mol. The molecule has 2 aromatic carbocycles. The van der Waals surface area contributed by atoms with Gasteiger partial charge in [0.2, 0.25) is 11.1 Å². The van der Waals surface area contributed by atoms with Gasteiger partial charge in [-0.2, -0.15) is 0 Å². The number of carbonyl (C=O) groups excluding carboxylic acids is 1. The standard InChI is InChI=1S/C23H23N5O3S/c1-30-19-9-5-17(6-10-19)15-21-25-26-23(28(21)27-13-3-4-14-27)32-16-22(29)24-18-7-11-20(31-2)12-8-18/h3-14H,15-16H2,1-2H3,(H,24,29). The Balaban J connectivity index is 1.47. The van der Waals surface area contributed by atoms with Crippen LogP contribution in [0.3, 0.4) is 0 Å². The maximum Gasteiger partial charge on any atom is 0.234 e. The third-order valence-corrected chi connectivity index (χ3v) is 5.64. The Bertz CT molecular complexity index is 1160. The summed E-state index contributed by atoms with van der Waals surface area (Å²) in [4.78, 5) is 12.5. The van der Waals surface area contributed by atoms with Crippen LogP contribution in [-0.4, -0.2) is 45.4 Å². The minimum Gasteiger partial charge on any atom is -0.497 e. The molecule has 0 saturated carbocycles. The summed E-state index contributed by atoms with van der Waals surface area (Å²) < 4.78 is 14.2. The quantitative estimate of drug-likeness (QED) is 0.392. The van der Waals surface area contributed by atoms with Crippen molar-refractivity contribution < 1.29 is 14.3 Å². The van der Waals surface area contributed by atoms with Crippen molar-refractivity contribution in [2.45, 2.75) is 11.6 Å². The first-order valence-electron chi connectivity index (χ1n) is 9.94. The number of carbonyl (C=O) groups is 1. The van der Waals surface area contributed by atoms with Crippen molar-refractivity contribution in [1.82, 2.24) is 19.5 Å². The molecule has 0 aliphatic carbocycles. The second-order valence-electron chi connectivity index (χ2n) is 6.86. The van der Waals surface area contributed by atoms with Crippen LogP contribution in [-0.2, 0) is 11.2 Å². The van der Waals surface area contributed by atoms with Gasteiger partial charge in [0.15, 0.2) is 5.82 Å². The summed E-state index contributed by atoms with van der Waals surface area (Å²) in [5.41, 5.74) is 1.80. The lowest BCUT2D eigenvalue weighted by atomic mass is 10.1. The fourth-order valence-electron chi connectivity index (χ4n) is 3.11. The Morgan fingerprint density at radius 2 is 1.56 bits per heavy atom. The largest absolute Gasteiger partial charge is 0.497 e. The van der Waals surface area contributed by atoms with Gasteiger partial charge in [-0.05, 0) is 54.1 Å². The van der Waals surface area contributed by atoms with E-state index in [9.17, 15) is 4.79 Å². The van der Waals surface area contributed by atoms with Crippen LogP contribution in [0, 0.1) is 0 Å². The summed E-state index contributed by atoms with van der Waals surface area (Å²) in [5, 5.41) is 12.2. The molecular formula is C23H23N5O3S. The van der Waals surface area contributed by atoms with Crippen molar-refractivity contribution in [3.63, 3.8) is 0 Å². The van der Waals surface area contributed by atoms with Gasteiger partial charge in [0.05, 0.1) is 20.0 Å². The van der Waals surface area contributed by atoms with Crippen LogP contribution in [0.4, 0.5) is 5.69 Å². The SMILES string of the molecule is COc1ccc(Cc2nnc(SCC(=O)Nc3ccc(OC)cc3)n2-n2cccc2)cc1. The van der Waals surface area contributed by atoms with Crippen LogP contribution in [0.1, 0.15) is 11.4 Å². The van der Waals surface area contributed by atoms with E-state index >= 15 is 0 Å². The number of hydrogen-bond acceptors (Lipinski definition) is 6. The Morgan fingerprint density at radius 1 is 0.938 bits per heavy atom. The molecule has 0 unspecified atom stereocenters. The lowest BCUT2D eigenvalue weighted by molar-refractivity contribution is -0.113. The molecule has 4 aromatic rings. The highest BCUT2D eigenvalue weighted by molar-refractivity contribution is 7.99. The molecule has 0 fully saturated rings. The Morgan fingerprint density at radius 3 is 2.19 bits per heavy atom. The molecule has 164 valence electrons. The van der Waals surface area contributed by atoms with Crippen molar-refractivity contribution in [3.8, 4) is 11.5 Å². The molecule has 2 aromatic heterocycles. The van der Waals surface area contributed by atoms with E-state index in [1.54, 1.807) is 38.5 Å². The first-order chi connectivity index (χ1) is 15.7. The molecule has 32 heavy (non-hydrogen) atoms. The summed E-state index contributed by atoms with van der Waals surface area (Å²) in [6.45, 7) is 0. The summed E-state index contributed by atoms with van der Waals surface area (Å²) in [6.07, 6.45) is 4.43. The van der Waals surface area contributed by atoms with E-state index in [4.69, 9.17) is 9.47 Å². The van der Waals surface area contributed by atoms with E-state index in [1.807, 2.05) is 58.1 Å². The second-order valence-corrected chi connectivity index (χ2v) is 7.81. The molecule has 2 heterocycles. The Hall–Kier alpha value is -3.72. The van der Waals surface area contributed by atoms with Gasteiger partial charge in [-0.1, -0.05) is 23.9 Å². The number of nitrogens with zero attached hydrogens (tertiary/aromatic N) is 4. The van der Waals surface area contributed by atoms with Gasteiger partial charge in [0, 0.05) is 24.5 Å². The lowest BCUT2D eigenvalue weighted by Gasteiger charge is -2.11. The van der Waals surface area contributed by atoms with Crippen LogP contribution >= 0.6 is 11.8 Å². The number of aromatic nitrogens is 4. The van der Waals surface area contributed by atoms with E-state index < -0.39 is 0 Å². The van der Waals surface area contributed by atoms with Crippen molar-refractivity contribution in [2.24, 2.45) is 0 Å². The third-order valence-electron chi connectivity index (χ3n) is 4.72. The number of hydrogen-bond donors (Lipinski definition) is 1. The maximum absolute atomic E-state index is 12.5. The number of methoxy groups -OCH3 is 2. The molecule has 8 nitrogen and oxygen atoms in total. The van der Waals surface area contributed by atoms with Gasteiger partial charge in [-0.15, -0.1) is 10.2 Å². The van der Waals surface area contributed by atoms with Crippen molar-refractivity contribution >= 4 is 23.4 Å². The zero-order valence-electron chi connectivity index (χ0n) is 17.8. The lowest BCUT2D eigenvalue weighted by Crippen LogP contribution is -2.16. The predicted molar refractivity (Wildman–Crippen MR) is 123 cm³/mol. The van der Waals surface area contributed by atoms with Gasteiger partial charge in [0.25, 0.3) is 0 Å². The number of nitrogens with one attached hydrogen (secondary N) is 1. The smallest absolute Gasteiger partial charge is 0.234 e.